The summed E-state index contributed by atoms with van der Waals surface area (Å²) in [5.74, 6) is 1.32. The minimum Gasteiger partial charge on any atom is -0.508 e. The molecule has 1 N–H and O–H groups in total. The number of phenolic OH excluding ortho intramolecular Hbond substituents is 1. The Morgan fingerprint density at radius 1 is 1.21 bits per heavy atom. The number of para-hydroxylation sites is 1. The Bertz CT molecular complexity index is 643. The van der Waals surface area contributed by atoms with Gasteiger partial charge in [-0.2, -0.15) is 0 Å². The molecule has 0 amide bonds. The van der Waals surface area contributed by atoms with Gasteiger partial charge in [-0.3, -0.25) is 4.99 Å². The van der Waals surface area contributed by atoms with E-state index in [-0.39, 0.29) is 5.92 Å². The highest BCUT2D eigenvalue weighted by Gasteiger charge is 2.25. The number of aromatic nitrogens is 1. The molecule has 3 rings (SSSR count). The van der Waals surface area contributed by atoms with E-state index in [9.17, 15) is 5.11 Å². The predicted octanol–water partition coefficient (Wildman–Crippen LogP) is 3.51. The van der Waals surface area contributed by atoms with Crippen LogP contribution in [0.2, 0.25) is 0 Å². The lowest BCUT2D eigenvalue weighted by Crippen LogP contribution is -2.05. The third kappa shape index (κ3) is 2.14. The number of phenols is 1. The quantitative estimate of drug-likeness (QED) is 0.849. The lowest BCUT2D eigenvalue weighted by atomic mass is 9.90. The molecule has 1 atom stereocenters. The van der Waals surface area contributed by atoms with Crippen LogP contribution in [0.1, 0.15) is 36.3 Å². The number of aromatic hydroxyl groups is 1. The molecule has 0 aliphatic carbocycles. The van der Waals surface area contributed by atoms with Gasteiger partial charge in [0.1, 0.15) is 17.1 Å². The molecule has 1 unspecified atom stereocenters. The molecule has 0 saturated heterocycles. The van der Waals surface area contributed by atoms with Gasteiger partial charge in [-0.25, -0.2) is 0 Å². The maximum absolute atomic E-state index is 10.0. The number of benzene rings is 1. The fraction of sp³-hybridized carbons (Fsp3) is 0.333. The average Bonchev–Trinajstić information content (AvgIpc) is 2.62. The molecule has 0 fully saturated rings. The summed E-state index contributed by atoms with van der Waals surface area (Å²) >= 11 is 0. The first-order valence-corrected chi connectivity index (χ1v) is 6.42. The van der Waals surface area contributed by atoms with Crippen molar-refractivity contribution in [1.82, 2.24) is 5.16 Å². The third-order valence-corrected chi connectivity index (χ3v) is 3.55. The standard InChI is InChI=1S/C15H16N2O2/c1-9-7-11(12-5-3-4-6-13(12)18)8-14-15(16-9)10(2)17-19-14/h3-6,11,18H,7-8H2,1-2H3. The molecular formula is C15H16N2O2. The Labute approximate surface area is 111 Å². The molecule has 0 spiro atoms. The normalized spacial score (nSPS) is 18.6. The Morgan fingerprint density at radius 3 is 2.79 bits per heavy atom. The summed E-state index contributed by atoms with van der Waals surface area (Å²) in [5, 5.41) is 14.0. The lowest BCUT2D eigenvalue weighted by Gasteiger charge is -2.15. The summed E-state index contributed by atoms with van der Waals surface area (Å²) < 4.78 is 5.37. The monoisotopic (exact) mass is 256 g/mol. The number of aryl methyl sites for hydroxylation is 1. The van der Waals surface area contributed by atoms with Gasteiger partial charge in [0.15, 0.2) is 5.76 Å². The van der Waals surface area contributed by atoms with Crippen LogP contribution < -0.4 is 0 Å². The molecule has 4 heteroatoms. The van der Waals surface area contributed by atoms with E-state index in [1.807, 2.05) is 32.0 Å². The molecule has 2 heterocycles. The van der Waals surface area contributed by atoms with Gasteiger partial charge >= 0.3 is 0 Å². The van der Waals surface area contributed by atoms with Gasteiger partial charge in [-0.05, 0) is 37.8 Å². The van der Waals surface area contributed by atoms with E-state index in [4.69, 9.17) is 4.52 Å². The number of hydrogen-bond acceptors (Lipinski definition) is 4. The number of aliphatic imine (C=N–C) groups is 1. The van der Waals surface area contributed by atoms with E-state index in [0.717, 1.165) is 34.8 Å². The van der Waals surface area contributed by atoms with Gasteiger partial charge in [0.2, 0.25) is 0 Å². The molecule has 0 radical (unpaired) electrons. The highest BCUT2D eigenvalue weighted by atomic mass is 16.5. The fourth-order valence-electron chi connectivity index (χ4n) is 2.63. The van der Waals surface area contributed by atoms with E-state index in [0.29, 0.717) is 12.2 Å². The van der Waals surface area contributed by atoms with Crippen molar-refractivity contribution < 1.29 is 9.63 Å². The fourth-order valence-corrected chi connectivity index (χ4v) is 2.63. The summed E-state index contributed by atoms with van der Waals surface area (Å²) in [4.78, 5) is 4.58. The van der Waals surface area contributed by atoms with Crippen molar-refractivity contribution in [1.29, 1.82) is 0 Å². The Hall–Kier alpha value is -2.10. The molecule has 0 saturated carbocycles. The van der Waals surface area contributed by atoms with Crippen LogP contribution in [0.3, 0.4) is 0 Å². The molecule has 2 aromatic rings. The zero-order chi connectivity index (χ0) is 13.4. The lowest BCUT2D eigenvalue weighted by molar-refractivity contribution is 0.371. The second-order valence-electron chi connectivity index (χ2n) is 5.05. The van der Waals surface area contributed by atoms with Crippen LogP contribution in [0, 0.1) is 6.92 Å². The second-order valence-corrected chi connectivity index (χ2v) is 5.05. The van der Waals surface area contributed by atoms with Crippen molar-refractivity contribution in [3.05, 3.63) is 41.3 Å². The van der Waals surface area contributed by atoms with Crippen LogP contribution in [-0.4, -0.2) is 16.0 Å². The van der Waals surface area contributed by atoms with Crippen LogP contribution in [-0.2, 0) is 6.42 Å². The van der Waals surface area contributed by atoms with Crippen LogP contribution in [0.4, 0.5) is 5.69 Å². The number of rotatable bonds is 1. The van der Waals surface area contributed by atoms with Crippen molar-refractivity contribution >= 4 is 11.4 Å². The Kier molecular flexibility index (Phi) is 2.85. The van der Waals surface area contributed by atoms with E-state index >= 15 is 0 Å². The van der Waals surface area contributed by atoms with Crippen LogP contribution in [0.25, 0.3) is 0 Å². The summed E-state index contributed by atoms with van der Waals surface area (Å²) in [5.41, 5.74) is 3.67. The number of nitrogens with zero attached hydrogens (tertiary/aromatic N) is 2. The summed E-state index contributed by atoms with van der Waals surface area (Å²) in [6, 6.07) is 7.46. The maximum atomic E-state index is 10.0. The number of fused-ring (bicyclic) bond motifs is 1. The van der Waals surface area contributed by atoms with Crippen LogP contribution in [0.15, 0.2) is 33.8 Å². The van der Waals surface area contributed by atoms with Crippen molar-refractivity contribution in [3.8, 4) is 5.75 Å². The summed E-state index contributed by atoms with van der Waals surface area (Å²) in [6.07, 6.45) is 1.54. The van der Waals surface area contributed by atoms with Gasteiger partial charge < -0.3 is 9.63 Å². The molecule has 19 heavy (non-hydrogen) atoms. The molecule has 4 nitrogen and oxygen atoms in total. The zero-order valence-electron chi connectivity index (χ0n) is 11.1. The first-order valence-electron chi connectivity index (χ1n) is 6.42. The van der Waals surface area contributed by atoms with E-state index in [2.05, 4.69) is 10.1 Å². The molecule has 1 aliphatic heterocycles. The van der Waals surface area contributed by atoms with Crippen molar-refractivity contribution in [2.75, 3.05) is 0 Å². The van der Waals surface area contributed by atoms with E-state index < -0.39 is 0 Å². The maximum Gasteiger partial charge on any atom is 0.163 e. The Morgan fingerprint density at radius 2 is 2.00 bits per heavy atom. The number of hydrogen-bond donors (Lipinski definition) is 1. The van der Waals surface area contributed by atoms with Gasteiger partial charge in [0.25, 0.3) is 0 Å². The van der Waals surface area contributed by atoms with Crippen molar-refractivity contribution in [2.24, 2.45) is 4.99 Å². The Balaban J connectivity index is 2.03. The molecule has 1 aromatic carbocycles. The third-order valence-electron chi connectivity index (χ3n) is 3.55. The smallest absolute Gasteiger partial charge is 0.163 e. The molecule has 1 aliphatic rings. The minimum absolute atomic E-state index is 0.179. The van der Waals surface area contributed by atoms with Gasteiger partial charge in [-0.1, -0.05) is 23.4 Å². The molecule has 98 valence electrons. The molecular weight excluding hydrogens is 240 g/mol. The van der Waals surface area contributed by atoms with Crippen molar-refractivity contribution in [3.63, 3.8) is 0 Å². The summed E-state index contributed by atoms with van der Waals surface area (Å²) in [6.45, 7) is 3.91. The summed E-state index contributed by atoms with van der Waals surface area (Å²) in [7, 11) is 0. The van der Waals surface area contributed by atoms with Gasteiger partial charge in [-0.15, -0.1) is 0 Å². The van der Waals surface area contributed by atoms with Crippen molar-refractivity contribution in [2.45, 2.75) is 32.6 Å². The zero-order valence-corrected chi connectivity index (χ0v) is 11.1. The van der Waals surface area contributed by atoms with Crippen LogP contribution >= 0.6 is 0 Å². The van der Waals surface area contributed by atoms with E-state index in [1.165, 1.54) is 0 Å². The molecule has 1 aromatic heterocycles. The van der Waals surface area contributed by atoms with Gasteiger partial charge in [0, 0.05) is 12.1 Å². The average molecular weight is 256 g/mol. The highest BCUT2D eigenvalue weighted by Crippen LogP contribution is 2.37. The van der Waals surface area contributed by atoms with E-state index in [1.54, 1.807) is 6.07 Å². The SMILES string of the molecule is CC1=Nc2c(C)noc2CC(c2ccccc2O)C1. The first kappa shape index (κ1) is 12.0. The first-order chi connectivity index (χ1) is 9.15. The molecule has 0 bridgehead atoms. The van der Waals surface area contributed by atoms with Crippen LogP contribution in [0.5, 0.6) is 5.75 Å². The largest absolute Gasteiger partial charge is 0.508 e. The topological polar surface area (TPSA) is 58.6 Å². The van der Waals surface area contributed by atoms with Gasteiger partial charge in [0.05, 0.1) is 0 Å². The minimum atomic E-state index is 0.179. The highest BCUT2D eigenvalue weighted by molar-refractivity contribution is 5.86. The predicted molar refractivity (Wildman–Crippen MR) is 73.2 cm³/mol. The second kappa shape index (κ2) is 4.53.